The standard InChI is InChI=1S/C22H22ClFN2O4/c1-4-29-21(27)19-17(11-30-18-8-7-14(24)10-16(18)23)25-22(28)26-20(19)15-9-12(2)5-6-13(15)3/h5-10,20H,4,11H2,1-3H3,(H2,25,26,28)/t20-/m1/s1. The van der Waals surface area contributed by atoms with E-state index in [1.165, 1.54) is 12.1 Å². The Kier molecular flexibility index (Phi) is 6.62. The quantitative estimate of drug-likeness (QED) is 0.665. The number of ether oxygens (including phenoxy) is 2. The Morgan fingerprint density at radius 3 is 2.67 bits per heavy atom. The second kappa shape index (κ2) is 9.17. The molecule has 0 fully saturated rings. The minimum Gasteiger partial charge on any atom is -0.486 e. The molecular formula is C22H22ClFN2O4. The van der Waals surface area contributed by atoms with Gasteiger partial charge in [-0.2, -0.15) is 0 Å². The Bertz CT molecular complexity index is 1020. The third kappa shape index (κ3) is 4.74. The van der Waals surface area contributed by atoms with Crippen LogP contribution in [0.25, 0.3) is 0 Å². The number of nitrogens with one attached hydrogen (secondary N) is 2. The average Bonchev–Trinajstić information content (AvgIpc) is 2.68. The third-order valence-electron chi connectivity index (χ3n) is 4.66. The van der Waals surface area contributed by atoms with Crippen molar-refractivity contribution in [1.29, 1.82) is 0 Å². The fourth-order valence-electron chi connectivity index (χ4n) is 3.23. The Labute approximate surface area is 179 Å². The van der Waals surface area contributed by atoms with Gasteiger partial charge in [-0.15, -0.1) is 0 Å². The average molecular weight is 433 g/mol. The molecule has 2 aromatic carbocycles. The van der Waals surface area contributed by atoms with Crippen molar-refractivity contribution in [2.45, 2.75) is 26.8 Å². The van der Waals surface area contributed by atoms with Crippen LogP contribution in [0.5, 0.6) is 5.75 Å². The van der Waals surface area contributed by atoms with Gasteiger partial charge in [-0.05, 0) is 50.1 Å². The first-order valence-corrected chi connectivity index (χ1v) is 9.80. The molecule has 0 spiro atoms. The van der Waals surface area contributed by atoms with Crippen molar-refractivity contribution >= 4 is 23.6 Å². The number of hydrogen-bond donors (Lipinski definition) is 2. The summed E-state index contributed by atoms with van der Waals surface area (Å²) >= 11 is 6.01. The van der Waals surface area contributed by atoms with E-state index in [4.69, 9.17) is 21.1 Å². The highest BCUT2D eigenvalue weighted by molar-refractivity contribution is 6.32. The van der Waals surface area contributed by atoms with E-state index in [0.29, 0.717) is 0 Å². The number of halogens is 2. The molecule has 158 valence electrons. The van der Waals surface area contributed by atoms with Crippen LogP contribution in [0.4, 0.5) is 9.18 Å². The van der Waals surface area contributed by atoms with Crippen LogP contribution in [0.3, 0.4) is 0 Å². The van der Waals surface area contributed by atoms with Gasteiger partial charge in [0.1, 0.15) is 18.2 Å². The van der Waals surface area contributed by atoms with Crippen LogP contribution in [0.2, 0.25) is 5.02 Å². The zero-order valence-corrected chi connectivity index (χ0v) is 17.6. The van der Waals surface area contributed by atoms with Gasteiger partial charge in [0.25, 0.3) is 0 Å². The largest absolute Gasteiger partial charge is 0.486 e. The van der Waals surface area contributed by atoms with Crippen LogP contribution >= 0.6 is 11.6 Å². The molecule has 30 heavy (non-hydrogen) atoms. The molecule has 0 aromatic heterocycles. The third-order valence-corrected chi connectivity index (χ3v) is 4.96. The number of amides is 2. The van der Waals surface area contributed by atoms with E-state index in [0.717, 1.165) is 22.8 Å². The Hall–Kier alpha value is -3.06. The van der Waals surface area contributed by atoms with Crippen LogP contribution in [0.1, 0.15) is 29.7 Å². The van der Waals surface area contributed by atoms with Gasteiger partial charge in [-0.25, -0.2) is 14.0 Å². The number of carbonyl (C=O) groups is 2. The monoisotopic (exact) mass is 432 g/mol. The number of aryl methyl sites for hydroxylation is 2. The SMILES string of the molecule is CCOC(=O)C1=C(COc2ccc(F)cc2Cl)NC(=O)N[C@@H]1c1cc(C)ccc1C. The van der Waals surface area contributed by atoms with Crippen molar-refractivity contribution in [2.75, 3.05) is 13.2 Å². The van der Waals surface area contributed by atoms with Crippen molar-refractivity contribution in [2.24, 2.45) is 0 Å². The number of hydrogen-bond acceptors (Lipinski definition) is 4. The molecule has 6 nitrogen and oxygen atoms in total. The van der Waals surface area contributed by atoms with Gasteiger partial charge in [0, 0.05) is 0 Å². The molecule has 1 atom stereocenters. The predicted octanol–water partition coefficient (Wildman–Crippen LogP) is 4.35. The molecule has 8 heteroatoms. The zero-order chi connectivity index (χ0) is 21.8. The van der Waals surface area contributed by atoms with Crippen LogP contribution in [0, 0.1) is 19.7 Å². The van der Waals surface area contributed by atoms with Gasteiger partial charge in [-0.3, -0.25) is 0 Å². The summed E-state index contributed by atoms with van der Waals surface area (Å²) < 4.78 is 24.2. The van der Waals surface area contributed by atoms with E-state index in [1.807, 2.05) is 32.0 Å². The second-order valence-electron chi connectivity index (χ2n) is 6.87. The molecule has 3 rings (SSSR count). The first kappa shape index (κ1) is 21.6. The fraction of sp³-hybridized carbons (Fsp3) is 0.273. The van der Waals surface area contributed by atoms with Crippen molar-refractivity contribution in [3.8, 4) is 5.75 Å². The maximum absolute atomic E-state index is 13.3. The lowest BCUT2D eigenvalue weighted by molar-refractivity contribution is -0.139. The highest BCUT2D eigenvalue weighted by atomic mass is 35.5. The summed E-state index contributed by atoms with van der Waals surface area (Å²) in [5.41, 5.74) is 3.18. The molecule has 2 N–H and O–H groups in total. The summed E-state index contributed by atoms with van der Waals surface area (Å²) in [7, 11) is 0. The van der Waals surface area contributed by atoms with Crippen molar-refractivity contribution in [1.82, 2.24) is 10.6 Å². The molecule has 2 aromatic rings. The van der Waals surface area contributed by atoms with Gasteiger partial charge in [0.05, 0.1) is 28.9 Å². The van der Waals surface area contributed by atoms with Crippen LogP contribution < -0.4 is 15.4 Å². The summed E-state index contributed by atoms with van der Waals surface area (Å²) in [6.45, 7) is 5.55. The number of esters is 1. The summed E-state index contributed by atoms with van der Waals surface area (Å²) in [4.78, 5) is 25.2. The molecule has 1 aliphatic rings. The van der Waals surface area contributed by atoms with E-state index >= 15 is 0 Å². The summed E-state index contributed by atoms with van der Waals surface area (Å²) in [6, 6.07) is 8.33. The first-order valence-electron chi connectivity index (χ1n) is 9.42. The summed E-state index contributed by atoms with van der Waals surface area (Å²) in [6.07, 6.45) is 0. The predicted molar refractivity (Wildman–Crippen MR) is 111 cm³/mol. The van der Waals surface area contributed by atoms with E-state index in [2.05, 4.69) is 10.6 Å². The molecule has 1 heterocycles. The van der Waals surface area contributed by atoms with E-state index < -0.39 is 23.9 Å². The zero-order valence-electron chi connectivity index (χ0n) is 16.8. The lowest BCUT2D eigenvalue weighted by atomic mass is 9.91. The van der Waals surface area contributed by atoms with Crippen LogP contribution in [-0.2, 0) is 9.53 Å². The van der Waals surface area contributed by atoms with Gasteiger partial charge >= 0.3 is 12.0 Å². The van der Waals surface area contributed by atoms with Crippen molar-refractivity contribution < 1.29 is 23.5 Å². The highest BCUT2D eigenvalue weighted by Crippen LogP contribution is 2.31. The number of rotatable bonds is 6. The second-order valence-corrected chi connectivity index (χ2v) is 7.27. The molecule has 0 radical (unpaired) electrons. The minimum atomic E-state index is -0.708. The molecule has 2 amide bonds. The number of carbonyl (C=O) groups excluding carboxylic acids is 2. The van der Waals surface area contributed by atoms with Gasteiger partial charge in [-0.1, -0.05) is 35.4 Å². The minimum absolute atomic E-state index is 0.0830. The van der Waals surface area contributed by atoms with E-state index in [9.17, 15) is 14.0 Å². The maximum Gasteiger partial charge on any atom is 0.338 e. The smallest absolute Gasteiger partial charge is 0.338 e. The van der Waals surface area contributed by atoms with Crippen molar-refractivity contribution in [3.05, 3.63) is 75.2 Å². The molecular weight excluding hydrogens is 411 g/mol. The highest BCUT2D eigenvalue weighted by Gasteiger charge is 2.34. The number of urea groups is 1. The fourth-order valence-corrected chi connectivity index (χ4v) is 3.45. The van der Waals surface area contributed by atoms with Gasteiger partial charge < -0.3 is 20.1 Å². The lowest BCUT2D eigenvalue weighted by Gasteiger charge is -2.30. The molecule has 0 bridgehead atoms. The van der Waals surface area contributed by atoms with Crippen LogP contribution in [-0.4, -0.2) is 25.2 Å². The molecule has 0 aliphatic carbocycles. The Morgan fingerprint density at radius 1 is 1.20 bits per heavy atom. The van der Waals surface area contributed by atoms with Crippen LogP contribution in [0.15, 0.2) is 47.7 Å². The normalized spacial score (nSPS) is 16.0. The Morgan fingerprint density at radius 2 is 1.97 bits per heavy atom. The molecule has 0 saturated carbocycles. The van der Waals surface area contributed by atoms with E-state index in [-0.39, 0.29) is 35.3 Å². The summed E-state index contributed by atoms with van der Waals surface area (Å²) in [5, 5.41) is 5.51. The van der Waals surface area contributed by atoms with Crippen molar-refractivity contribution in [3.63, 3.8) is 0 Å². The topological polar surface area (TPSA) is 76.7 Å². The van der Waals surface area contributed by atoms with Gasteiger partial charge in [0.2, 0.25) is 0 Å². The number of benzene rings is 2. The van der Waals surface area contributed by atoms with E-state index in [1.54, 1.807) is 6.92 Å². The molecule has 0 saturated heterocycles. The lowest BCUT2D eigenvalue weighted by Crippen LogP contribution is -2.47. The first-order chi connectivity index (χ1) is 14.3. The molecule has 1 aliphatic heterocycles. The van der Waals surface area contributed by atoms with Gasteiger partial charge in [0.15, 0.2) is 0 Å². The Balaban J connectivity index is 2.02. The summed E-state index contributed by atoms with van der Waals surface area (Å²) in [5.74, 6) is -0.839. The maximum atomic E-state index is 13.3. The molecule has 0 unspecified atom stereocenters.